The number of nitrogens with zero attached hydrogens (tertiary/aromatic N) is 4. The monoisotopic (exact) mass is 416 g/mol. The Balaban J connectivity index is 1.37. The van der Waals surface area contributed by atoms with Crippen molar-refractivity contribution in [2.24, 2.45) is 5.92 Å². The number of rotatable bonds is 6. The van der Waals surface area contributed by atoms with Crippen molar-refractivity contribution in [2.45, 2.75) is 57.3 Å². The molecular formula is C22H30F2N6. The SMILES string of the molecule is CC(F)(F)c1cc(Nc2ncc(C3CCN(CC4CCCC4)CC3)c(N)n2)ccn1. The van der Waals surface area contributed by atoms with Crippen LogP contribution < -0.4 is 11.1 Å². The summed E-state index contributed by atoms with van der Waals surface area (Å²) in [6.07, 6.45) is 10.8. The smallest absolute Gasteiger partial charge is 0.287 e. The van der Waals surface area contributed by atoms with Crippen LogP contribution in [0.1, 0.15) is 62.6 Å². The van der Waals surface area contributed by atoms with Gasteiger partial charge in [0.1, 0.15) is 11.5 Å². The van der Waals surface area contributed by atoms with Gasteiger partial charge in [-0.05, 0) is 62.7 Å². The molecule has 1 saturated heterocycles. The van der Waals surface area contributed by atoms with Gasteiger partial charge in [-0.25, -0.2) is 4.98 Å². The summed E-state index contributed by atoms with van der Waals surface area (Å²) in [5.41, 5.74) is 7.37. The van der Waals surface area contributed by atoms with Crippen LogP contribution in [0.15, 0.2) is 24.5 Å². The van der Waals surface area contributed by atoms with Crippen molar-refractivity contribution in [1.82, 2.24) is 19.9 Å². The van der Waals surface area contributed by atoms with Crippen LogP contribution in [0.2, 0.25) is 0 Å². The minimum Gasteiger partial charge on any atom is -0.383 e. The maximum atomic E-state index is 13.5. The van der Waals surface area contributed by atoms with Crippen LogP contribution in [0.4, 0.5) is 26.2 Å². The standard InChI is InChI=1S/C22H30F2N6/c1-22(23,24)19-12-17(6-9-26-19)28-21-27-13-18(20(25)29-21)16-7-10-30(11-8-16)14-15-4-2-3-5-15/h6,9,12-13,15-16H,2-5,7-8,10-11,14H2,1H3,(H3,25,26,27,28,29). The van der Waals surface area contributed by atoms with Crippen LogP contribution >= 0.6 is 0 Å². The molecule has 1 aliphatic carbocycles. The number of pyridine rings is 1. The number of hydrogen-bond donors (Lipinski definition) is 2. The Kier molecular flexibility index (Phi) is 6.13. The van der Waals surface area contributed by atoms with Crippen LogP contribution in [-0.4, -0.2) is 39.5 Å². The van der Waals surface area contributed by atoms with E-state index in [4.69, 9.17) is 5.73 Å². The van der Waals surface area contributed by atoms with E-state index in [9.17, 15) is 8.78 Å². The summed E-state index contributed by atoms with van der Waals surface area (Å²) < 4.78 is 27.0. The van der Waals surface area contributed by atoms with E-state index in [1.165, 1.54) is 44.5 Å². The average Bonchev–Trinajstić information content (AvgIpc) is 3.22. The molecule has 0 amide bonds. The minimum absolute atomic E-state index is 0.298. The first-order chi connectivity index (χ1) is 14.4. The molecule has 0 unspecified atom stereocenters. The molecule has 0 radical (unpaired) electrons. The highest BCUT2D eigenvalue weighted by Crippen LogP contribution is 2.33. The Labute approximate surface area is 176 Å². The number of likely N-dealkylation sites (tertiary alicyclic amines) is 1. The number of aromatic nitrogens is 3. The van der Waals surface area contributed by atoms with Crippen molar-refractivity contribution >= 4 is 17.5 Å². The first-order valence-corrected chi connectivity index (χ1v) is 10.8. The molecule has 2 fully saturated rings. The number of nitrogen functional groups attached to an aromatic ring is 1. The number of alkyl halides is 2. The van der Waals surface area contributed by atoms with Crippen molar-refractivity contribution in [3.63, 3.8) is 0 Å². The fraction of sp³-hybridized carbons (Fsp3) is 0.591. The van der Waals surface area contributed by atoms with Crippen molar-refractivity contribution in [1.29, 1.82) is 0 Å². The van der Waals surface area contributed by atoms with Gasteiger partial charge < -0.3 is 16.0 Å². The number of nitrogens with one attached hydrogen (secondary N) is 1. The first-order valence-electron chi connectivity index (χ1n) is 10.8. The summed E-state index contributed by atoms with van der Waals surface area (Å²) in [5.74, 6) is -1.01. The van der Waals surface area contributed by atoms with Crippen molar-refractivity contribution in [3.05, 3.63) is 35.8 Å². The average molecular weight is 417 g/mol. The predicted octanol–water partition coefficient (Wildman–Crippen LogP) is 4.68. The van der Waals surface area contributed by atoms with Gasteiger partial charge in [-0.3, -0.25) is 4.98 Å². The third-order valence-electron chi connectivity index (χ3n) is 6.33. The number of piperidine rings is 1. The highest BCUT2D eigenvalue weighted by atomic mass is 19.3. The lowest BCUT2D eigenvalue weighted by Gasteiger charge is -2.33. The maximum absolute atomic E-state index is 13.5. The Bertz CT molecular complexity index is 855. The van der Waals surface area contributed by atoms with Gasteiger partial charge in [-0.2, -0.15) is 13.8 Å². The maximum Gasteiger partial charge on any atom is 0.287 e. The topological polar surface area (TPSA) is 80.0 Å². The second-order valence-corrected chi connectivity index (χ2v) is 8.70. The largest absolute Gasteiger partial charge is 0.383 e. The molecule has 0 atom stereocenters. The van der Waals surface area contributed by atoms with E-state index in [2.05, 4.69) is 25.2 Å². The summed E-state index contributed by atoms with van der Waals surface area (Å²) in [6.45, 7) is 4.23. The minimum atomic E-state index is -3.01. The molecule has 3 heterocycles. The normalized spacial score (nSPS) is 19.3. The number of hydrogen-bond acceptors (Lipinski definition) is 6. The predicted molar refractivity (Wildman–Crippen MR) is 114 cm³/mol. The van der Waals surface area contributed by atoms with E-state index in [1.54, 1.807) is 12.3 Å². The number of nitrogens with two attached hydrogens (primary N) is 1. The molecule has 30 heavy (non-hydrogen) atoms. The van der Waals surface area contributed by atoms with Crippen LogP contribution in [-0.2, 0) is 5.92 Å². The summed E-state index contributed by atoms with van der Waals surface area (Å²) in [6, 6.07) is 2.90. The molecule has 0 aromatic carbocycles. The quantitative estimate of drug-likeness (QED) is 0.712. The van der Waals surface area contributed by atoms with Gasteiger partial charge >= 0.3 is 0 Å². The van der Waals surface area contributed by atoms with Crippen LogP contribution in [0, 0.1) is 5.92 Å². The van der Waals surface area contributed by atoms with E-state index in [0.717, 1.165) is 44.3 Å². The summed E-state index contributed by atoms with van der Waals surface area (Å²) in [4.78, 5) is 15.1. The van der Waals surface area contributed by atoms with Crippen LogP contribution in [0.5, 0.6) is 0 Å². The van der Waals surface area contributed by atoms with E-state index in [0.29, 0.717) is 23.4 Å². The molecule has 2 aromatic rings. The Hall–Kier alpha value is -2.35. The Morgan fingerprint density at radius 1 is 1.17 bits per heavy atom. The fourth-order valence-electron chi connectivity index (χ4n) is 4.64. The van der Waals surface area contributed by atoms with Gasteiger partial charge in [-0.15, -0.1) is 0 Å². The first kappa shape index (κ1) is 20.9. The van der Waals surface area contributed by atoms with Crippen molar-refractivity contribution in [3.8, 4) is 0 Å². The molecule has 162 valence electrons. The van der Waals surface area contributed by atoms with Crippen molar-refractivity contribution in [2.75, 3.05) is 30.7 Å². The van der Waals surface area contributed by atoms with Gasteiger partial charge in [0.15, 0.2) is 0 Å². The van der Waals surface area contributed by atoms with E-state index < -0.39 is 5.92 Å². The summed E-state index contributed by atoms with van der Waals surface area (Å²) in [5, 5.41) is 2.95. The molecule has 0 spiro atoms. The van der Waals surface area contributed by atoms with Gasteiger partial charge in [0.25, 0.3) is 5.92 Å². The van der Waals surface area contributed by atoms with Gasteiger partial charge in [0.05, 0.1) is 0 Å². The number of halogens is 2. The van der Waals surface area contributed by atoms with Crippen LogP contribution in [0.3, 0.4) is 0 Å². The summed E-state index contributed by atoms with van der Waals surface area (Å²) >= 11 is 0. The lowest BCUT2D eigenvalue weighted by molar-refractivity contribution is 0.0128. The zero-order valence-electron chi connectivity index (χ0n) is 17.5. The molecule has 2 aliphatic rings. The molecule has 1 saturated carbocycles. The van der Waals surface area contributed by atoms with E-state index >= 15 is 0 Å². The third kappa shape index (κ3) is 5.03. The lowest BCUT2D eigenvalue weighted by atomic mass is 9.90. The van der Waals surface area contributed by atoms with Gasteiger partial charge in [-0.1, -0.05) is 12.8 Å². The Morgan fingerprint density at radius 3 is 2.57 bits per heavy atom. The molecule has 6 nitrogen and oxygen atoms in total. The molecule has 4 rings (SSSR count). The molecular weight excluding hydrogens is 386 g/mol. The lowest BCUT2D eigenvalue weighted by Crippen LogP contribution is -2.36. The highest BCUT2D eigenvalue weighted by Gasteiger charge is 2.27. The Morgan fingerprint density at radius 2 is 1.90 bits per heavy atom. The molecule has 0 bridgehead atoms. The zero-order chi connectivity index (χ0) is 21.1. The second-order valence-electron chi connectivity index (χ2n) is 8.70. The molecule has 1 aliphatic heterocycles. The van der Waals surface area contributed by atoms with Gasteiger partial charge in [0.2, 0.25) is 5.95 Å². The van der Waals surface area contributed by atoms with Gasteiger partial charge in [0, 0.05) is 37.1 Å². The third-order valence-corrected chi connectivity index (χ3v) is 6.33. The molecule has 2 aromatic heterocycles. The van der Waals surface area contributed by atoms with Crippen LogP contribution in [0.25, 0.3) is 0 Å². The van der Waals surface area contributed by atoms with E-state index in [-0.39, 0.29) is 5.69 Å². The molecule has 8 heteroatoms. The number of anilines is 3. The zero-order valence-corrected chi connectivity index (χ0v) is 17.5. The highest BCUT2D eigenvalue weighted by molar-refractivity contribution is 5.56. The summed E-state index contributed by atoms with van der Waals surface area (Å²) in [7, 11) is 0. The second kappa shape index (κ2) is 8.79. The molecule has 3 N–H and O–H groups in total. The van der Waals surface area contributed by atoms with Crippen molar-refractivity contribution < 1.29 is 8.78 Å². The fourth-order valence-corrected chi connectivity index (χ4v) is 4.64. The van der Waals surface area contributed by atoms with E-state index in [1.807, 2.05) is 0 Å².